The first-order valence-electron chi connectivity index (χ1n) is 8.72. The van der Waals surface area contributed by atoms with Gasteiger partial charge in [-0.25, -0.2) is 8.42 Å². The standard InChI is InChI=1S/C20H20N2O3S/c23-20(17-6-7-17)22-12-10-16-8-9-18(14-19(16)22)21-26(24,25)13-11-15-4-2-1-3-5-15/h1-5,8-9,11,13-14,17,21H,6-7,10,12H2. The van der Waals surface area contributed by atoms with Crippen LogP contribution in [0.4, 0.5) is 11.4 Å². The lowest BCUT2D eigenvalue weighted by Gasteiger charge is -2.18. The van der Waals surface area contributed by atoms with Gasteiger partial charge in [-0.3, -0.25) is 9.52 Å². The maximum atomic E-state index is 12.4. The van der Waals surface area contributed by atoms with Crippen molar-refractivity contribution in [3.63, 3.8) is 0 Å². The van der Waals surface area contributed by atoms with Crippen molar-refractivity contribution >= 4 is 33.4 Å². The molecule has 5 nitrogen and oxygen atoms in total. The first-order valence-corrected chi connectivity index (χ1v) is 10.3. The zero-order valence-electron chi connectivity index (χ0n) is 14.3. The molecule has 0 spiro atoms. The highest BCUT2D eigenvalue weighted by Crippen LogP contribution is 2.37. The molecule has 2 aromatic carbocycles. The van der Waals surface area contributed by atoms with Crippen LogP contribution in [0.15, 0.2) is 53.9 Å². The van der Waals surface area contributed by atoms with E-state index >= 15 is 0 Å². The monoisotopic (exact) mass is 368 g/mol. The summed E-state index contributed by atoms with van der Waals surface area (Å²) < 4.78 is 27.2. The summed E-state index contributed by atoms with van der Waals surface area (Å²) in [4.78, 5) is 14.2. The molecule has 0 atom stereocenters. The predicted octanol–water partition coefficient (Wildman–Crippen LogP) is 3.40. The van der Waals surface area contributed by atoms with E-state index in [0.29, 0.717) is 12.2 Å². The van der Waals surface area contributed by atoms with E-state index in [1.165, 1.54) is 0 Å². The smallest absolute Gasteiger partial charge is 0.255 e. The van der Waals surface area contributed by atoms with Gasteiger partial charge in [0.1, 0.15) is 0 Å². The lowest BCUT2D eigenvalue weighted by molar-refractivity contribution is -0.119. The Morgan fingerprint density at radius 3 is 2.62 bits per heavy atom. The Bertz CT molecular complexity index is 964. The van der Waals surface area contributed by atoms with Crippen molar-refractivity contribution in [2.24, 2.45) is 5.92 Å². The van der Waals surface area contributed by atoms with E-state index in [4.69, 9.17) is 0 Å². The summed E-state index contributed by atoms with van der Waals surface area (Å²) in [6.07, 6.45) is 4.29. The molecule has 26 heavy (non-hydrogen) atoms. The fourth-order valence-corrected chi connectivity index (χ4v) is 4.01. The Hall–Kier alpha value is -2.60. The molecule has 4 rings (SSSR count). The molecule has 2 aromatic rings. The minimum atomic E-state index is -3.63. The van der Waals surface area contributed by atoms with Crippen molar-refractivity contribution in [2.75, 3.05) is 16.2 Å². The summed E-state index contributed by atoms with van der Waals surface area (Å²) in [5.74, 6) is 0.308. The molecule has 1 aliphatic heterocycles. The number of fused-ring (bicyclic) bond motifs is 1. The molecule has 0 aromatic heterocycles. The fourth-order valence-electron chi connectivity index (χ4n) is 3.15. The van der Waals surface area contributed by atoms with Crippen LogP contribution in [-0.4, -0.2) is 20.9 Å². The van der Waals surface area contributed by atoms with Crippen molar-refractivity contribution < 1.29 is 13.2 Å². The Morgan fingerprint density at radius 1 is 1.12 bits per heavy atom. The molecule has 0 radical (unpaired) electrons. The van der Waals surface area contributed by atoms with Crippen LogP contribution in [0.3, 0.4) is 0 Å². The Labute approximate surface area is 153 Å². The van der Waals surface area contributed by atoms with Crippen LogP contribution in [0.2, 0.25) is 0 Å². The van der Waals surface area contributed by atoms with Gasteiger partial charge >= 0.3 is 0 Å². The average Bonchev–Trinajstić information content (AvgIpc) is 3.40. The highest BCUT2D eigenvalue weighted by atomic mass is 32.2. The van der Waals surface area contributed by atoms with Gasteiger partial charge < -0.3 is 4.90 Å². The molecule has 1 aliphatic carbocycles. The highest BCUT2D eigenvalue weighted by Gasteiger charge is 2.36. The third kappa shape index (κ3) is 3.65. The van der Waals surface area contributed by atoms with Crippen LogP contribution in [0, 0.1) is 5.92 Å². The number of carbonyl (C=O) groups excluding carboxylic acids is 1. The lowest BCUT2D eigenvalue weighted by Crippen LogP contribution is -2.30. The first-order chi connectivity index (χ1) is 12.5. The van der Waals surface area contributed by atoms with E-state index in [1.54, 1.807) is 23.1 Å². The number of nitrogens with zero attached hydrogens (tertiary/aromatic N) is 1. The van der Waals surface area contributed by atoms with Crippen molar-refractivity contribution in [1.82, 2.24) is 0 Å². The first kappa shape index (κ1) is 16.8. The van der Waals surface area contributed by atoms with Gasteiger partial charge in [0, 0.05) is 18.2 Å². The molecule has 134 valence electrons. The second-order valence-corrected chi connectivity index (χ2v) is 8.28. The van der Waals surface area contributed by atoms with Crippen LogP contribution in [0.1, 0.15) is 24.0 Å². The minimum absolute atomic E-state index is 0.148. The van der Waals surface area contributed by atoms with Crippen LogP contribution in [0.5, 0.6) is 0 Å². The van der Waals surface area contributed by atoms with Crippen molar-refractivity contribution in [3.8, 4) is 0 Å². The molecular weight excluding hydrogens is 348 g/mol. The number of rotatable bonds is 5. The molecule has 1 heterocycles. The van der Waals surface area contributed by atoms with E-state index in [0.717, 1.165) is 41.5 Å². The second kappa shape index (κ2) is 6.61. The van der Waals surface area contributed by atoms with Crippen molar-refractivity contribution in [2.45, 2.75) is 19.3 Å². The molecule has 1 amide bonds. The quantitative estimate of drug-likeness (QED) is 0.880. The van der Waals surface area contributed by atoms with Crippen molar-refractivity contribution in [1.29, 1.82) is 0 Å². The van der Waals surface area contributed by atoms with E-state index < -0.39 is 10.0 Å². The van der Waals surface area contributed by atoms with Gasteiger partial charge in [-0.1, -0.05) is 36.4 Å². The Balaban J connectivity index is 1.52. The predicted molar refractivity (Wildman–Crippen MR) is 103 cm³/mol. The summed E-state index contributed by atoms with van der Waals surface area (Å²) in [7, 11) is -3.63. The maximum absolute atomic E-state index is 12.4. The zero-order valence-corrected chi connectivity index (χ0v) is 15.1. The number of benzene rings is 2. The third-order valence-electron chi connectivity index (χ3n) is 4.67. The number of hydrogen-bond donors (Lipinski definition) is 1. The molecule has 1 saturated carbocycles. The molecule has 0 bridgehead atoms. The summed E-state index contributed by atoms with van der Waals surface area (Å²) in [6, 6.07) is 14.7. The largest absolute Gasteiger partial charge is 0.312 e. The Kier molecular flexibility index (Phi) is 4.28. The van der Waals surface area contributed by atoms with Crippen LogP contribution >= 0.6 is 0 Å². The number of hydrogen-bond acceptors (Lipinski definition) is 3. The molecule has 0 saturated heterocycles. The summed E-state index contributed by atoms with van der Waals surface area (Å²) in [6.45, 7) is 0.675. The maximum Gasteiger partial charge on any atom is 0.255 e. The molecular formula is C20H20N2O3S. The van der Waals surface area contributed by atoms with E-state index in [9.17, 15) is 13.2 Å². The lowest BCUT2D eigenvalue weighted by atomic mass is 10.1. The SMILES string of the molecule is O=C(C1CC1)N1CCc2ccc(NS(=O)(=O)C=Cc3ccccc3)cc21. The zero-order chi connectivity index (χ0) is 18.1. The molecule has 2 aliphatic rings. The normalized spacial score (nSPS) is 16.7. The van der Waals surface area contributed by atoms with Gasteiger partial charge in [-0.15, -0.1) is 0 Å². The number of amides is 1. The summed E-state index contributed by atoms with van der Waals surface area (Å²) in [5.41, 5.74) is 3.20. The van der Waals surface area contributed by atoms with E-state index in [2.05, 4.69) is 4.72 Å². The third-order valence-corrected chi connectivity index (χ3v) is 5.69. The van der Waals surface area contributed by atoms with E-state index in [-0.39, 0.29) is 11.8 Å². The van der Waals surface area contributed by atoms with E-state index in [1.807, 2.05) is 36.4 Å². The number of anilines is 2. The molecule has 6 heteroatoms. The molecule has 0 unspecified atom stereocenters. The van der Waals surface area contributed by atoms with Gasteiger partial charge in [0.2, 0.25) is 5.91 Å². The van der Waals surface area contributed by atoms with Gasteiger partial charge in [0.15, 0.2) is 0 Å². The van der Waals surface area contributed by atoms with Gasteiger partial charge in [0.05, 0.1) is 11.1 Å². The number of sulfonamides is 1. The Morgan fingerprint density at radius 2 is 1.88 bits per heavy atom. The molecule has 1 fully saturated rings. The van der Waals surface area contributed by atoms with Crippen LogP contribution < -0.4 is 9.62 Å². The fraction of sp³-hybridized carbons (Fsp3) is 0.250. The van der Waals surface area contributed by atoms with Gasteiger partial charge in [-0.05, 0) is 48.6 Å². The average molecular weight is 368 g/mol. The summed E-state index contributed by atoms with van der Waals surface area (Å²) >= 11 is 0. The topological polar surface area (TPSA) is 66.5 Å². The van der Waals surface area contributed by atoms with Gasteiger partial charge in [0.25, 0.3) is 10.0 Å². The van der Waals surface area contributed by atoms with Crippen LogP contribution in [-0.2, 0) is 21.2 Å². The van der Waals surface area contributed by atoms with Crippen LogP contribution in [0.25, 0.3) is 6.08 Å². The van der Waals surface area contributed by atoms with Gasteiger partial charge in [-0.2, -0.15) is 0 Å². The second-order valence-electron chi connectivity index (χ2n) is 6.72. The summed E-state index contributed by atoms with van der Waals surface area (Å²) in [5, 5.41) is 1.16. The minimum Gasteiger partial charge on any atom is -0.312 e. The highest BCUT2D eigenvalue weighted by molar-refractivity contribution is 7.95. The number of carbonyl (C=O) groups is 1. The van der Waals surface area contributed by atoms with Crippen molar-refractivity contribution in [3.05, 3.63) is 65.1 Å². The number of nitrogens with one attached hydrogen (secondary N) is 1. The molecule has 1 N–H and O–H groups in total.